The Labute approximate surface area is 143 Å². The van der Waals surface area contributed by atoms with Crippen molar-refractivity contribution in [1.82, 2.24) is 10.2 Å². The molecule has 2 rings (SSSR count). The number of hydrogen-bond donors (Lipinski definition) is 2. The Morgan fingerprint density at radius 2 is 1.79 bits per heavy atom. The third-order valence-corrected chi connectivity index (χ3v) is 3.83. The summed E-state index contributed by atoms with van der Waals surface area (Å²) in [6, 6.07) is 6.69. The Kier molecular flexibility index (Phi) is 5.70. The highest BCUT2D eigenvalue weighted by atomic mass is 16.6. The molecule has 3 N–H and O–H groups in total. The van der Waals surface area contributed by atoms with Gasteiger partial charge in [0.1, 0.15) is 11.6 Å². The molecule has 1 heterocycles. The average molecular weight is 333 g/mol. The molecule has 1 fully saturated rings. The topological polar surface area (TPSA) is 84.7 Å². The number of likely N-dealkylation sites (tertiary alicyclic amines) is 1. The highest BCUT2D eigenvalue weighted by Crippen LogP contribution is 2.14. The van der Waals surface area contributed by atoms with E-state index in [2.05, 4.69) is 5.32 Å². The van der Waals surface area contributed by atoms with Crippen molar-refractivity contribution in [1.29, 1.82) is 0 Å². The fourth-order valence-electron chi connectivity index (χ4n) is 2.70. The second-order valence-corrected chi connectivity index (χ2v) is 7.18. The number of alkyl carbamates (subject to hydrolysis) is 1. The van der Waals surface area contributed by atoms with Crippen LogP contribution in [0.2, 0.25) is 0 Å². The molecule has 1 unspecified atom stereocenters. The minimum Gasteiger partial charge on any atom is -0.444 e. The molecule has 132 valence electrons. The molecular formula is C18H27N3O3. The largest absolute Gasteiger partial charge is 0.444 e. The van der Waals surface area contributed by atoms with Crippen molar-refractivity contribution >= 4 is 17.7 Å². The van der Waals surface area contributed by atoms with Crippen LogP contribution in [0.15, 0.2) is 24.3 Å². The maximum absolute atomic E-state index is 12.7. The monoisotopic (exact) mass is 333 g/mol. The first kappa shape index (κ1) is 18.1. The summed E-state index contributed by atoms with van der Waals surface area (Å²) in [5.74, 6) is -0.0600. The number of rotatable bonds is 4. The quantitative estimate of drug-likeness (QED) is 0.828. The fourth-order valence-corrected chi connectivity index (χ4v) is 2.70. The van der Waals surface area contributed by atoms with Crippen LogP contribution in [0, 0.1) is 0 Å². The van der Waals surface area contributed by atoms with Gasteiger partial charge in [-0.15, -0.1) is 0 Å². The summed E-state index contributed by atoms with van der Waals surface area (Å²) in [6.45, 7) is 6.87. The van der Waals surface area contributed by atoms with Gasteiger partial charge in [0.2, 0.25) is 5.91 Å². The van der Waals surface area contributed by atoms with E-state index in [0.29, 0.717) is 12.1 Å². The summed E-state index contributed by atoms with van der Waals surface area (Å²) >= 11 is 0. The molecule has 1 aromatic rings. The number of hydrogen-bond acceptors (Lipinski definition) is 4. The van der Waals surface area contributed by atoms with Gasteiger partial charge in [-0.3, -0.25) is 4.79 Å². The zero-order valence-corrected chi connectivity index (χ0v) is 14.7. The maximum atomic E-state index is 12.7. The van der Waals surface area contributed by atoms with Gasteiger partial charge in [-0.25, -0.2) is 4.79 Å². The first-order valence-electron chi connectivity index (χ1n) is 8.37. The van der Waals surface area contributed by atoms with Gasteiger partial charge in [-0.05, 0) is 51.3 Å². The maximum Gasteiger partial charge on any atom is 0.408 e. The number of carbonyl (C=O) groups is 2. The Bertz CT molecular complexity index is 572. The van der Waals surface area contributed by atoms with Crippen LogP contribution in [0.5, 0.6) is 0 Å². The van der Waals surface area contributed by atoms with E-state index in [9.17, 15) is 9.59 Å². The van der Waals surface area contributed by atoms with E-state index in [1.165, 1.54) is 0 Å². The molecule has 1 aliphatic rings. The predicted octanol–water partition coefficient (Wildman–Crippen LogP) is 2.33. The number of amides is 2. The number of anilines is 1. The molecule has 6 heteroatoms. The van der Waals surface area contributed by atoms with Crippen LogP contribution in [0.25, 0.3) is 0 Å². The second kappa shape index (κ2) is 7.55. The summed E-state index contributed by atoms with van der Waals surface area (Å²) in [5, 5.41) is 2.73. The first-order valence-corrected chi connectivity index (χ1v) is 8.37. The van der Waals surface area contributed by atoms with Gasteiger partial charge in [0, 0.05) is 25.2 Å². The Hall–Kier alpha value is -2.24. The van der Waals surface area contributed by atoms with Crippen molar-refractivity contribution in [3.8, 4) is 0 Å². The van der Waals surface area contributed by atoms with Crippen LogP contribution in [-0.2, 0) is 16.0 Å². The molecule has 0 radical (unpaired) electrons. The normalized spacial score (nSPS) is 15.9. The highest BCUT2D eigenvalue weighted by molar-refractivity contribution is 5.86. The van der Waals surface area contributed by atoms with Crippen LogP contribution in [0.3, 0.4) is 0 Å². The van der Waals surface area contributed by atoms with Gasteiger partial charge < -0.3 is 20.7 Å². The van der Waals surface area contributed by atoms with E-state index in [-0.39, 0.29) is 5.91 Å². The van der Waals surface area contributed by atoms with E-state index in [0.717, 1.165) is 31.5 Å². The van der Waals surface area contributed by atoms with Crippen molar-refractivity contribution < 1.29 is 14.3 Å². The van der Waals surface area contributed by atoms with Gasteiger partial charge in [0.05, 0.1) is 0 Å². The van der Waals surface area contributed by atoms with E-state index in [1.807, 2.05) is 12.1 Å². The minimum absolute atomic E-state index is 0.0600. The number of ether oxygens (including phenoxy) is 1. The summed E-state index contributed by atoms with van der Waals surface area (Å²) in [6.07, 6.45) is 1.85. The molecule has 0 bridgehead atoms. The fraction of sp³-hybridized carbons (Fsp3) is 0.556. The molecule has 2 amide bonds. The van der Waals surface area contributed by atoms with Crippen molar-refractivity contribution in [2.45, 2.75) is 51.7 Å². The minimum atomic E-state index is -0.637. The van der Waals surface area contributed by atoms with Crippen LogP contribution in [-0.4, -0.2) is 41.6 Å². The highest BCUT2D eigenvalue weighted by Gasteiger charge is 2.29. The lowest BCUT2D eigenvalue weighted by Gasteiger charge is -2.26. The molecule has 1 aromatic carbocycles. The standard InChI is InChI=1S/C18H27N3O3/c1-18(2,3)24-17(23)20-15(16(22)21-10-4-5-11-21)12-13-6-8-14(19)9-7-13/h6-9,15H,4-5,10-12,19H2,1-3H3,(H,20,23). The van der Waals surface area contributed by atoms with Crippen molar-refractivity contribution in [3.05, 3.63) is 29.8 Å². The molecule has 0 spiro atoms. The van der Waals surface area contributed by atoms with Crippen LogP contribution < -0.4 is 11.1 Å². The van der Waals surface area contributed by atoms with Gasteiger partial charge in [0.15, 0.2) is 0 Å². The lowest BCUT2D eigenvalue weighted by molar-refractivity contribution is -0.132. The smallest absolute Gasteiger partial charge is 0.408 e. The molecule has 1 aliphatic heterocycles. The van der Waals surface area contributed by atoms with Gasteiger partial charge in [-0.2, -0.15) is 0 Å². The number of nitrogens with zero attached hydrogens (tertiary/aromatic N) is 1. The number of nitrogen functional groups attached to an aromatic ring is 1. The van der Waals surface area contributed by atoms with Crippen molar-refractivity contribution in [2.24, 2.45) is 0 Å². The zero-order valence-electron chi connectivity index (χ0n) is 14.7. The molecule has 24 heavy (non-hydrogen) atoms. The predicted molar refractivity (Wildman–Crippen MR) is 93.5 cm³/mol. The third-order valence-electron chi connectivity index (χ3n) is 3.83. The number of carbonyl (C=O) groups excluding carboxylic acids is 2. The Morgan fingerprint density at radius 3 is 2.33 bits per heavy atom. The Morgan fingerprint density at radius 1 is 1.21 bits per heavy atom. The van der Waals surface area contributed by atoms with Crippen molar-refractivity contribution in [2.75, 3.05) is 18.8 Å². The second-order valence-electron chi connectivity index (χ2n) is 7.18. The molecule has 0 aromatic heterocycles. The van der Waals surface area contributed by atoms with E-state index >= 15 is 0 Å². The number of benzene rings is 1. The molecule has 0 aliphatic carbocycles. The van der Waals surface area contributed by atoms with Crippen LogP contribution in [0.1, 0.15) is 39.2 Å². The molecule has 1 saturated heterocycles. The summed E-state index contributed by atoms with van der Waals surface area (Å²) in [7, 11) is 0. The first-order chi connectivity index (χ1) is 11.2. The average Bonchev–Trinajstić information content (AvgIpc) is 3.00. The Balaban J connectivity index is 2.09. The van der Waals surface area contributed by atoms with Gasteiger partial charge >= 0.3 is 6.09 Å². The summed E-state index contributed by atoms with van der Waals surface area (Å²) < 4.78 is 5.30. The molecule has 0 saturated carbocycles. The third kappa shape index (κ3) is 5.44. The summed E-state index contributed by atoms with van der Waals surface area (Å²) in [5.41, 5.74) is 6.71. The van der Waals surface area contributed by atoms with Gasteiger partial charge in [0.25, 0.3) is 0 Å². The van der Waals surface area contributed by atoms with E-state index in [1.54, 1.807) is 37.8 Å². The molecular weight excluding hydrogens is 306 g/mol. The van der Waals surface area contributed by atoms with Crippen LogP contribution in [0.4, 0.5) is 10.5 Å². The van der Waals surface area contributed by atoms with E-state index < -0.39 is 17.7 Å². The lowest BCUT2D eigenvalue weighted by atomic mass is 10.0. The van der Waals surface area contributed by atoms with E-state index in [4.69, 9.17) is 10.5 Å². The number of nitrogens with two attached hydrogens (primary N) is 1. The molecule has 1 atom stereocenters. The lowest BCUT2D eigenvalue weighted by Crippen LogP contribution is -2.50. The summed E-state index contributed by atoms with van der Waals surface area (Å²) in [4.78, 5) is 26.7. The van der Waals surface area contributed by atoms with Crippen LogP contribution >= 0.6 is 0 Å². The zero-order chi connectivity index (χ0) is 17.7. The number of nitrogens with one attached hydrogen (secondary N) is 1. The van der Waals surface area contributed by atoms with Crippen molar-refractivity contribution in [3.63, 3.8) is 0 Å². The van der Waals surface area contributed by atoms with Gasteiger partial charge in [-0.1, -0.05) is 12.1 Å². The molecule has 6 nitrogen and oxygen atoms in total. The SMILES string of the molecule is CC(C)(C)OC(=O)NC(Cc1ccc(N)cc1)C(=O)N1CCCC1.